The van der Waals surface area contributed by atoms with Gasteiger partial charge in [-0.2, -0.15) is 18.3 Å². The highest BCUT2D eigenvalue weighted by molar-refractivity contribution is 5.90. The van der Waals surface area contributed by atoms with Crippen molar-refractivity contribution in [3.63, 3.8) is 0 Å². The quantitative estimate of drug-likeness (QED) is 0.700. The van der Waals surface area contributed by atoms with Gasteiger partial charge in [-0.25, -0.2) is 4.79 Å². The zero-order chi connectivity index (χ0) is 15.5. The molecule has 0 atom stereocenters. The molecule has 0 unspecified atom stereocenters. The number of halogens is 3. The van der Waals surface area contributed by atoms with Crippen molar-refractivity contribution in [3.05, 3.63) is 41.6 Å². The topological polar surface area (TPSA) is 95.8 Å². The summed E-state index contributed by atoms with van der Waals surface area (Å²) >= 11 is 0. The van der Waals surface area contributed by atoms with Gasteiger partial charge in [-0.05, 0) is 12.1 Å². The number of para-hydroxylation sites is 1. The van der Waals surface area contributed by atoms with Crippen molar-refractivity contribution in [1.29, 1.82) is 0 Å². The number of amides is 2. The molecule has 9 heteroatoms. The van der Waals surface area contributed by atoms with E-state index in [-0.39, 0.29) is 18.1 Å². The summed E-state index contributed by atoms with van der Waals surface area (Å²) in [5.74, 6) is 0.283. The van der Waals surface area contributed by atoms with Gasteiger partial charge in [0.25, 0.3) is 0 Å². The van der Waals surface area contributed by atoms with E-state index in [1.165, 1.54) is 24.4 Å². The number of carbonyl (C=O) groups excluding carboxylic acids is 1. The second-order valence-corrected chi connectivity index (χ2v) is 4.16. The van der Waals surface area contributed by atoms with Crippen LogP contribution >= 0.6 is 0 Å². The molecular formula is C12H12F3N5O. The second kappa shape index (κ2) is 5.73. The monoisotopic (exact) mass is 299 g/mol. The lowest BCUT2D eigenvalue weighted by atomic mass is 10.1. The number of alkyl halides is 3. The van der Waals surface area contributed by atoms with Crippen LogP contribution in [0, 0.1) is 0 Å². The number of benzene rings is 1. The van der Waals surface area contributed by atoms with Gasteiger partial charge >= 0.3 is 12.2 Å². The Morgan fingerprint density at radius 2 is 2.05 bits per heavy atom. The largest absolute Gasteiger partial charge is 0.418 e. The first kappa shape index (κ1) is 14.7. The lowest BCUT2D eigenvalue weighted by Gasteiger charge is -2.13. The summed E-state index contributed by atoms with van der Waals surface area (Å²) in [6.07, 6.45) is -3.13. The molecule has 2 rings (SSSR count). The number of urea groups is 1. The van der Waals surface area contributed by atoms with Gasteiger partial charge in [0, 0.05) is 12.1 Å². The number of nitrogens with zero attached hydrogens (tertiary/aromatic N) is 1. The first-order valence-corrected chi connectivity index (χ1v) is 5.86. The van der Waals surface area contributed by atoms with E-state index in [4.69, 9.17) is 5.73 Å². The molecule has 0 radical (unpaired) electrons. The highest BCUT2D eigenvalue weighted by Gasteiger charge is 2.33. The number of rotatable bonds is 3. The number of aromatic amines is 1. The van der Waals surface area contributed by atoms with Crippen LogP contribution in [0.25, 0.3) is 0 Å². The molecule has 0 aliphatic carbocycles. The summed E-state index contributed by atoms with van der Waals surface area (Å²) in [6, 6.07) is 3.95. The van der Waals surface area contributed by atoms with Crippen molar-refractivity contribution < 1.29 is 18.0 Å². The summed E-state index contributed by atoms with van der Waals surface area (Å²) < 4.78 is 38.3. The van der Waals surface area contributed by atoms with E-state index in [1.54, 1.807) is 0 Å². The number of H-pyrrole nitrogens is 1. The van der Waals surface area contributed by atoms with Crippen LogP contribution < -0.4 is 16.4 Å². The molecule has 2 amide bonds. The molecule has 1 heterocycles. The van der Waals surface area contributed by atoms with Crippen LogP contribution in [0.4, 0.5) is 29.5 Å². The van der Waals surface area contributed by atoms with E-state index in [9.17, 15) is 18.0 Å². The van der Waals surface area contributed by atoms with E-state index in [2.05, 4.69) is 20.8 Å². The third-order valence-corrected chi connectivity index (χ3v) is 2.67. The molecule has 112 valence electrons. The van der Waals surface area contributed by atoms with Gasteiger partial charge in [-0.15, -0.1) is 0 Å². The minimum Gasteiger partial charge on any atom is -0.384 e. The molecule has 6 nitrogen and oxygen atoms in total. The van der Waals surface area contributed by atoms with Crippen molar-refractivity contribution in [2.24, 2.45) is 0 Å². The molecule has 1 aromatic heterocycles. The van der Waals surface area contributed by atoms with Crippen LogP contribution in [0.1, 0.15) is 11.1 Å². The summed E-state index contributed by atoms with van der Waals surface area (Å²) in [4.78, 5) is 11.6. The molecular weight excluding hydrogens is 287 g/mol. The Morgan fingerprint density at radius 3 is 2.67 bits per heavy atom. The van der Waals surface area contributed by atoms with Gasteiger partial charge in [0.05, 0.1) is 17.4 Å². The van der Waals surface area contributed by atoms with E-state index >= 15 is 0 Å². The number of hydrogen-bond donors (Lipinski definition) is 4. The van der Waals surface area contributed by atoms with Crippen LogP contribution in [0.3, 0.4) is 0 Å². The first-order valence-electron chi connectivity index (χ1n) is 5.86. The third kappa shape index (κ3) is 3.65. The zero-order valence-electron chi connectivity index (χ0n) is 10.7. The molecule has 0 saturated heterocycles. The first-order chi connectivity index (χ1) is 9.88. The minimum absolute atomic E-state index is 0.0440. The Balaban J connectivity index is 2.02. The van der Waals surface area contributed by atoms with Gasteiger partial charge in [-0.3, -0.25) is 5.10 Å². The zero-order valence-corrected chi connectivity index (χ0v) is 10.7. The van der Waals surface area contributed by atoms with Gasteiger partial charge in [0.1, 0.15) is 5.82 Å². The van der Waals surface area contributed by atoms with E-state index in [1.807, 2.05) is 0 Å². The molecule has 0 fully saturated rings. The Labute approximate surface area is 117 Å². The van der Waals surface area contributed by atoms with E-state index in [0.717, 1.165) is 6.07 Å². The maximum absolute atomic E-state index is 12.8. The average molecular weight is 299 g/mol. The standard InChI is InChI=1S/C12H12F3N5O/c13-12(14,15)8-3-1-2-4-9(8)19-11(21)17-5-7-6-18-20-10(7)16/h1-4,6H,5H2,(H3,16,18,20)(H2,17,19,21). The Kier molecular flexibility index (Phi) is 4.01. The molecule has 21 heavy (non-hydrogen) atoms. The number of aromatic nitrogens is 2. The minimum atomic E-state index is -4.54. The molecule has 1 aromatic carbocycles. The predicted molar refractivity (Wildman–Crippen MR) is 70.3 cm³/mol. The van der Waals surface area contributed by atoms with Crippen molar-refractivity contribution in [2.45, 2.75) is 12.7 Å². The Hall–Kier alpha value is -2.71. The number of anilines is 2. The van der Waals surface area contributed by atoms with Gasteiger partial charge in [-0.1, -0.05) is 12.1 Å². The smallest absolute Gasteiger partial charge is 0.384 e. The Morgan fingerprint density at radius 1 is 1.33 bits per heavy atom. The van der Waals surface area contributed by atoms with Crippen molar-refractivity contribution >= 4 is 17.5 Å². The fourth-order valence-electron chi connectivity index (χ4n) is 1.64. The van der Waals surface area contributed by atoms with Crippen LogP contribution in [0.2, 0.25) is 0 Å². The van der Waals surface area contributed by atoms with E-state index < -0.39 is 17.8 Å². The summed E-state index contributed by atoms with van der Waals surface area (Å²) in [6.45, 7) is 0.0440. The van der Waals surface area contributed by atoms with Gasteiger partial charge in [0.2, 0.25) is 0 Å². The molecule has 0 aliphatic rings. The predicted octanol–water partition coefficient (Wildman–Crippen LogP) is 2.33. The fraction of sp³-hybridized carbons (Fsp3) is 0.167. The van der Waals surface area contributed by atoms with Gasteiger partial charge < -0.3 is 16.4 Å². The lowest BCUT2D eigenvalue weighted by molar-refractivity contribution is -0.136. The maximum Gasteiger partial charge on any atom is 0.418 e. The fourth-order valence-corrected chi connectivity index (χ4v) is 1.64. The molecule has 5 N–H and O–H groups in total. The number of nitrogens with two attached hydrogens (primary N) is 1. The molecule has 0 saturated carbocycles. The number of nitrogens with one attached hydrogen (secondary N) is 3. The highest BCUT2D eigenvalue weighted by Crippen LogP contribution is 2.34. The van der Waals surface area contributed by atoms with Gasteiger partial charge in [0.15, 0.2) is 0 Å². The number of carbonyl (C=O) groups is 1. The van der Waals surface area contributed by atoms with Crippen LogP contribution in [-0.4, -0.2) is 16.2 Å². The van der Waals surface area contributed by atoms with Crippen molar-refractivity contribution in [3.8, 4) is 0 Å². The summed E-state index contributed by atoms with van der Waals surface area (Å²) in [5, 5.41) is 10.7. The molecule has 0 spiro atoms. The Bertz CT molecular complexity index is 638. The lowest BCUT2D eigenvalue weighted by Crippen LogP contribution is -2.29. The van der Waals surface area contributed by atoms with Crippen LogP contribution in [0.15, 0.2) is 30.5 Å². The molecule has 0 aliphatic heterocycles. The van der Waals surface area contributed by atoms with E-state index in [0.29, 0.717) is 5.56 Å². The summed E-state index contributed by atoms with van der Waals surface area (Å²) in [7, 11) is 0. The van der Waals surface area contributed by atoms with Crippen molar-refractivity contribution in [1.82, 2.24) is 15.5 Å². The molecule has 0 bridgehead atoms. The van der Waals surface area contributed by atoms with Crippen LogP contribution in [-0.2, 0) is 12.7 Å². The second-order valence-electron chi connectivity index (χ2n) is 4.16. The molecule has 2 aromatic rings. The average Bonchev–Trinajstić information content (AvgIpc) is 2.81. The SMILES string of the molecule is Nc1[nH]ncc1CNC(=O)Nc1ccccc1C(F)(F)F. The number of nitrogen functional groups attached to an aromatic ring is 1. The van der Waals surface area contributed by atoms with Crippen LogP contribution in [0.5, 0.6) is 0 Å². The number of hydrogen-bond acceptors (Lipinski definition) is 3. The highest BCUT2D eigenvalue weighted by atomic mass is 19.4. The maximum atomic E-state index is 12.8. The van der Waals surface area contributed by atoms with Crippen molar-refractivity contribution in [2.75, 3.05) is 11.1 Å². The third-order valence-electron chi connectivity index (χ3n) is 2.67. The summed E-state index contributed by atoms with van der Waals surface area (Å²) in [5.41, 5.74) is 4.83. The normalized spacial score (nSPS) is 11.2.